The Morgan fingerprint density at radius 3 is 2.70 bits per heavy atom. The fourth-order valence-electron chi connectivity index (χ4n) is 2.26. The van der Waals surface area contributed by atoms with Crippen LogP contribution < -0.4 is 10.6 Å². The number of hydrogen-bond donors (Lipinski definition) is 2. The van der Waals surface area contributed by atoms with Crippen molar-refractivity contribution in [2.75, 3.05) is 13.1 Å². The van der Waals surface area contributed by atoms with Gasteiger partial charge in [0.15, 0.2) is 0 Å². The molecule has 0 aromatic carbocycles. The zero-order valence-corrected chi connectivity index (χ0v) is 13.4. The molecule has 0 aromatic heterocycles. The molecule has 20 heavy (non-hydrogen) atoms. The van der Waals surface area contributed by atoms with Gasteiger partial charge in [0.1, 0.15) is 5.60 Å². The third kappa shape index (κ3) is 7.53. The average molecular weight is 282 g/mol. The van der Waals surface area contributed by atoms with Crippen molar-refractivity contribution >= 4 is 6.09 Å². The first-order valence-corrected chi connectivity index (χ1v) is 7.76. The van der Waals surface area contributed by atoms with Crippen LogP contribution in [0.5, 0.6) is 0 Å². The van der Waals surface area contributed by atoms with Crippen LogP contribution in [0.4, 0.5) is 4.79 Å². The van der Waals surface area contributed by atoms with Crippen molar-refractivity contribution in [1.29, 1.82) is 0 Å². The Morgan fingerprint density at radius 1 is 1.40 bits per heavy atom. The molecule has 0 spiro atoms. The van der Waals surface area contributed by atoms with Gasteiger partial charge in [0, 0.05) is 12.6 Å². The van der Waals surface area contributed by atoms with Crippen LogP contribution >= 0.6 is 0 Å². The highest BCUT2D eigenvalue weighted by molar-refractivity contribution is 5.67. The Kier molecular flexibility index (Phi) is 7.06. The van der Waals surface area contributed by atoms with Gasteiger partial charge in [0.05, 0.1) is 0 Å². The lowest BCUT2D eigenvalue weighted by Gasteiger charge is -2.24. The molecule has 2 atom stereocenters. The van der Waals surface area contributed by atoms with Crippen molar-refractivity contribution in [3.63, 3.8) is 0 Å². The summed E-state index contributed by atoms with van der Waals surface area (Å²) in [4.78, 5) is 11.6. The maximum absolute atomic E-state index is 11.6. The maximum Gasteiger partial charge on any atom is 0.407 e. The zero-order valence-electron chi connectivity index (χ0n) is 13.4. The van der Waals surface area contributed by atoms with Gasteiger partial charge in [-0.15, -0.1) is 0 Å². The molecular formula is C16H30N2O2. The average Bonchev–Trinajstić information content (AvgIpc) is 2.38. The molecule has 0 radical (unpaired) electrons. The Bertz CT molecular complexity index is 321. The number of allylic oxidation sites excluding steroid dienone is 2. The first kappa shape index (κ1) is 17.0. The quantitative estimate of drug-likeness (QED) is 0.735. The van der Waals surface area contributed by atoms with E-state index in [2.05, 4.69) is 29.7 Å². The van der Waals surface area contributed by atoms with E-state index in [9.17, 15) is 4.79 Å². The molecule has 1 amide bonds. The van der Waals surface area contributed by atoms with Crippen LogP contribution in [0.25, 0.3) is 0 Å². The molecule has 0 aromatic rings. The number of amides is 1. The van der Waals surface area contributed by atoms with E-state index in [4.69, 9.17) is 4.74 Å². The third-order valence-electron chi connectivity index (χ3n) is 3.46. The zero-order chi connectivity index (χ0) is 15.0. The van der Waals surface area contributed by atoms with Gasteiger partial charge in [-0.2, -0.15) is 0 Å². The summed E-state index contributed by atoms with van der Waals surface area (Å²) in [7, 11) is 0. The molecule has 1 aliphatic rings. The standard InChI is InChI=1S/C16H30N2O2/c1-5-14(12-18-15(19)20-16(2,3)4)17-11-13-9-7-6-8-10-13/h6-7,13-14,17H,5,8-12H2,1-4H3,(H,18,19). The second-order valence-corrected chi connectivity index (χ2v) is 6.55. The van der Waals surface area contributed by atoms with Crippen LogP contribution in [-0.4, -0.2) is 30.8 Å². The van der Waals surface area contributed by atoms with E-state index in [0.717, 1.165) is 18.9 Å². The molecular weight excluding hydrogens is 252 g/mol. The number of hydrogen-bond acceptors (Lipinski definition) is 3. The van der Waals surface area contributed by atoms with Crippen LogP contribution in [0.1, 0.15) is 53.4 Å². The predicted octanol–water partition coefficient (Wildman–Crippen LogP) is 3.24. The van der Waals surface area contributed by atoms with E-state index < -0.39 is 5.60 Å². The fourth-order valence-corrected chi connectivity index (χ4v) is 2.26. The summed E-state index contributed by atoms with van der Waals surface area (Å²) in [6.45, 7) is 9.40. The highest BCUT2D eigenvalue weighted by Gasteiger charge is 2.17. The summed E-state index contributed by atoms with van der Waals surface area (Å²) < 4.78 is 5.24. The summed E-state index contributed by atoms with van der Waals surface area (Å²) in [5.41, 5.74) is -0.437. The Balaban J connectivity index is 2.21. The number of rotatable bonds is 6. The Labute approximate surface area is 123 Å². The Hall–Kier alpha value is -1.03. The lowest BCUT2D eigenvalue weighted by Crippen LogP contribution is -2.43. The highest BCUT2D eigenvalue weighted by atomic mass is 16.6. The smallest absolute Gasteiger partial charge is 0.407 e. The van der Waals surface area contributed by atoms with Gasteiger partial charge in [-0.05, 0) is 58.9 Å². The summed E-state index contributed by atoms with van der Waals surface area (Å²) in [6, 6.07) is 0.313. The van der Waals surface area contributed by atoms with Gasteiger partial charge >= 0.3 is 6.09 Å². The predicted molar refractivity (Wildman–Crippen MR) is 82.8 cm³/mol. The minimum absolute atomic E-state index is 0.313. The van der Waals surface area contributed by atoms with Gasteiger partial charge in [-0.3, -0.25) is 0 Å². The van der Waals surface area contributed by atoms with E-state index >= 15 is 0 Å². The second kappa shape index (κ2) is 8.30. The van der Waals surface area contributed by atoms with E-state index in [1.54, 1.807) is 0 Å². The summed E-state index contributed by atoms with van der Waals surface area (Å²) in [5, 5.41) is 6.39. The third-order valence-corrected chi connectivity index (χ3v) is 3.46. The molecule has 0 saturated carbocycles. The molecule has 1 aliphatic carbocycles. The van der Waals surface area contributed by atoms with Crippen LogP contribution in [0.15, 0.2) is 12.2 Å². The minimum atomic E-state index is -0.437. The molecule has 4 nitrogen and oxygen atoms in total. The van der Waals surface area contributed by atoms with E-state index in [1.165, 1.54) is 19.3 Å². The number of nitrogens with one attached hydrogen (secondary N) is 2. The largest absolute Gasteiger partial charge is 0.444 e. The molecule has 0 aliphatic heterocycles. The van der Waals surface area contributed by atoms with Gasteiger partial charge in [-0.25, -0.2) is 4.79 Å². The number of carbonyl (C=O) groups excluding carboxylic acids is 1. The second-order valence-electron chi connectivity index (χ2n) is 6.55. The first-order chi connectivity index (χ1) is 9.40. The number of carbonyl (C=O) groups is 1. The first-order valence-electron chi connectivity index (χ1n) is 7.76. The van der Waals surface area contributed by atoms with Crippen molar-refractivity contribution in [3.8, 4) is 0 Å². The summed E-state index contributed by atoms with van der Waals surface area (Å²) >= 11 is 0. The van der Waals surface area contributed by atoms with Gasteiger partial charge < -0.3 is 15.4 Å². The lowest BCUT2D eigenvalue weighted by molar-refractivity contribution is 0.0522. The van der Waals surface area contributed by atoms with Crippen molar-refractivity contribution in [2.45, 2.75) is 65.0 Å². The highest BCUT2D eigenvalue weighted by Crippen LogP contribution is 2.17. The normalized spacial score (nSPS) is 20.5. The maximum atomic E-state index is 11.6. The fraction of sp³-hybridized carbons (Fsp3) is 0.812. The van der Waals surface area contributed by atoms with Gasteiger partial charge in [0.25, 0.3) is 0 Å². The van der Waals surface area contributed by atoms with Crippen LogP contribution in [-0.2, 0) is 4.74 Å². The minimum Gasteiger partial charge on any atom is -0.444 e. The van der Waals surface area contributed by atoms with E-state index in [-0.39, 0.29) is 6.09 Å². The molecule has 0 saturated heterocycles. The van der Waals surface area contributed by atoms with Crippen molar-refractivity contribution < 1.29 is 9.53 Å². The molecule has 1 rings (SSSR count). The molecule has 0 bridgehead atoms. The summed E-state index contributed by atoms with van der Waals surface area (Å²) in [6.07, 6.45) is 8.83. The molecule has 2 unspecified atom stereocenters. The monoisotopic (exact) mass is 282 g/mol. The Morgan fingerprint density at radius 2 is 2.15 bits per heavy atom. The van der Waals surface area contributed by atoms with E-state index in [1.807, 2.05) is 20.8 Å². The van der Waals surface area contributed by atoms with Gasteiger partial charge in [-0.1, -0.05) is 19.1 Å². The van der Waals surface area contributed by atoms with Gasteiger partial charge in [0.2, 0.25) is 0 Å². The molecule has 116 valence electrons. The molecule has 4 heteroatoms. The van der Waals surface area contributed by atoms with Crippen molar-refractivity contribution in [1.82, 2.24) is 10.6 Å². The number of alkyl carbamates (subject to hydrolysis) is 1. The van der Waals surface area contributed by atoms with Crippen molar-refractivity contribution in [3.05, 3.63) is 12.2 Å². The van der Waals surface area contributed by atoms with Crippen molar-refractivity contribution in [2.24, 2.45) is 5.92 Å². The SMILES string of the molecule is CCC(CNC(=O)OC(C)(C)C)NCC1CC=CCC1. The van der Waals surface area contributed by atoms with Crippen LogP contribution in [0, 0.1) is 5.92 Å². The molecule has 2 N–H and O–H groups in total. The molecule has 0 heterocycles. The number of ether oxygens (including phenoxy) is 1. The van der Waals surface area contributed by atoms with Crippen LogP contribution in [0.3, 0.4) is 0 Å². The lowest BCUT2D eigenvalue weighted by atomic mass is 9.94. The van der Waals surface area contributed by atoms with Crippen LogP contribution in [0.2, 0.25) is 0 Å². The van der Waals surface area contributed by atoms with E-state index in [0.29, 0.717) is 12.6 Å². The topological polar surface area (TPSA) is 50.4 Å². The molecule has 0 fully saturated rings. The summed E-state index contributed by atoms with van der Waals surface area (Å²) in [5.74, 6) is 0.732.